The van der Waals surface area contributed by atoms with Crippen molar-refractivity contribution in [2.45, 2.75) is 51.0 Å². The molecule has 0 spiro atoms. The van der Waals surface area contributed by atoms with Crippen LogP contribution in [-0.2, 0) is 6.42 Å². The molecule has 1 unspecified atom stereocenters. The Bertz CT molecular complexity index is 412. The van der Waals surface area contributed by atoms with E-state index in [4.69, 9.17) is 4.74 Å². The highest BCUT2D eigenvalue weighted by Crippen LogP contribution is 2.35. The fraction of sp³-hybridized carbons (Fsp3) is 0.529. The van der Waals surface area contributed by atoms with Crippen LogP contribution in [0.25, 0.3) is 0 Å². The van der Waals surface area contributed by atoms with Crippen LogP contribution in [0.1, 0.15) is 55.8 Å². The molecule has 1 aliphatic rings. The van der Waals surface area contributed by atoms with Crippen LogP contribution >= 0.6 is 0 Å². The minimum Gasteiger partial charge on any atom is -0.493 e. The molecule has 1 aromatic rings. The summed E-state index contributed by atoms with van der Waals surface area (Å²) in [7, 11) is 0. The fourth-order valence-electron chi connectivity index (χ4n) is 2.67. The first-order chi connectivity index (χ1) is 9.33. The molecule has 2 rings (SSSR count). The zero-order valence-corrected chi connectivity index (χ0v) is 11.6. The molecule has 0 radical (unpaired) electrons. The van der Waals surface area contributed by atoms with Gasteiger partial charge in [0.1, 0.15) is 5.75 Å². The van der Waals surface area contributed by atoms with Gasteiger partial charge in [-0.2, -0.15) is 0 Å². The Balaban J connectivity index is 1.87. The van der Waals surface area contributed by atoms with E-state index in [2.05, 4.69) is 6.58 Å². The molecule has 1 atom stereocenters. The van der Waals surface area contributed by atoms with Crippen LogP contribution in [0.5, 0.6) is 5.75 Å². The lowest BCUT2D eigenvalue weighted by molar-refractivity contribution is 0.155. The normalized spacial score (nSPS) is 17.8. The van der Waals surface area contributed by atoms with Gasteiger partial charge >= 0.3 is 0 Å². The van der Waals surface area contributed by atoms with Crippen molar-refractivity contribution >= 4 is 0 Å². The Morgan fingerprint density at radius 3 is 3.05 bits per heavy atom. The van der Waals surface area contributed by atoms with E-state index in [-0.39, 0.29) is 6.10 Å². The van der Waals surface area contributed by atoms with Crippen molar-refractivity contribution in [2.75, 3.05) is 6.61 Å². The molecule has 0 fully saturated rings. The highest BCUT2D eigenvalue weighted by molar-refractivity contribution is 5.42. The molecule has 0 aliphatic heterocycles. The molecular weight excluding hydrogens is 236 g/mol. The lowest BCUT2D eigenvalue weighted by atomic mass is 9.89. The summed E-state index contributed by atoms with van der Waals surface area (Å²) in [6.07, 6.45) is 9.16. The molecule has 19 heavy (non-hydrogen) atoms. The third-order valence-corrected chi connectivity index (χ3v) is 3.74. The number of allylic oxidation sites excluding steroid dienone is 1. The van der Waals surface area contributed by atoms with Gasteiger partial charge in [0.05, 0.1) is 12.7 Å². The molecule has 1 N–H and O–H groups in total. The maximum Gasteiger partial charge on any atom is 0.122 e. The topological polar surface area (TPSA) is 29.5 Å². The van der Waals surface area contributed by atoms with Crippen molar-refractivity contribution < 1.29 is 9.84 Å². The monoisotopic (exact) mass is 260 g/mol. The number of benzene rings is 1. The van der Waals surface area contributed by atoms with Crippen molar-refractivity contribution in [2.24, 2.45) is 0 Å². The largest absolute Gasteiger partial charge is 0.493 e. The molecule has 0 heterocycles. The lowest BCUT2D eigenvalue weighted by Crippen LogP contribution is -2.11. The number of fused-ring (bicyclic) bond motifs is 1. The predicted octanol–water partition coefficient (Wildman–Crippen LogP) is 4.18. The van der Waals surface area contributed by atoms with Gasteiger partial charge in [-0.3, -0.25) is 0 Å². The Morgan fingerprint density at radius 2 is 2.21 bits per heavy atom. The van der Waals surface area contributed by atoms with Crippen molar-refractivity contribution in [3.63, 3.8) is 0 Å². The van der Waals surface area contributed by atoms with Crippen LogP contribution in [0.3, 0.4) is 0 Å². The molecule has 0 saturated heterocycles. The molecule has 0 amide bonds. The average molecular weight is 260 g/mol. The maximum absolute atomic E-state index is 9.99. The molecule has 0 bridgehead atoms. The Hall–Kier alpha value is -1.28. The van der Waals surface area contributed by atoms with Gasteiger partial charge in [-0.1, -0.05) is 18.2 Å². The van der Waals surface area contributed by atoms with Crippen LogP contribution in [-0.4, -0.2) is 11.7 Å². The van der Waals surface area contributed by atoms with Gasteiger partial charge in [0.25, 0.3) is 0 Å². The number of aliphatic hydroxyl groups is 1. The van der Waals surface area contributed by atoms with Gasteiger partial charge < -0.3 is 9.84 Å². The van der Waals surface area contributed by atoms with E-state index in [1.54, 1.807) is 0 Å². The zero-order chi connectivity index (χ0) is 13.5. The molecule has 2 heteroatoms. The second-order valence-electron chi connectivity index (χ2n) is 5.22. The molecule has 1 aliphatic carbocycles. The second kappa shape index (κ2) is 7.34. The van der Waals surface area contributed by atoms with Crippen molar-refractivity contribution in [1.82, 2.24) is 0 Å². The number of hydrogen-bond donors (Lipinski definition) is 1. The van der Waals surface area contributed by atoms with Gasteiger partial charge in [-0.05, 0) is 62.1 Å². The number of ether oxygens (including phenoxy) is 1. The predicted molar refractivity (Wildman–Crippen MR) is 78.5 cm³/mol. The number of unbranched alkanes of at least 4 members (excludes halogenated alkanes) is 3. The minimum absolute atomic E-state index is 0.306. The van der Waals surface area contributed by atoms with Gasteiger partial charge in [0.2, 0.25) is 0 Å². The first-order valence-electron chi connectivity index (χ1n) is 7.36. The third-order valence-electron chi connectivity index (χ3n) is 3.74. The zero-order valence-electron chi connectivity index (χ0n) is 11.6. The highest BCUT2D eigenvalue weighted by Gasteiger charge is 2.20. The maximum atomic E-state index is 9.99. The molecule has 0 saturated carbocycles. The lowest BCUT2D eigenvalue weighted by Gasteiger charge is -2.23. The summed E-state index contributed by atoms with van der Waals surface area (Å²) < 4.78 is 5.90. The molecule has 0 aromatic heterocycles. The van der Waals surface area contributed by atoms with Crippen molar-refractivity contribution in [3.8, 4) is 5.75 Å². The number of aliphatic hydroxyl groups excluding tert-OH is 1. The standard InChI is InChI=1S/C17H24O2/c1-2-3-4-5-6-13-19-17-12-8-9-14-15(17)10-7-11-16(14)18/h2,8-9,12,16,18H,1,3-7,10-11,13H2. The first kappa shape index (κ1) is 14.1. The van der Waals surface area contributed by atoms with Gasteiger partial charge in [-0.15, -0.1) is 6.58 Å². The van der Waals surface area contributed by atoms with E-state index in [0.29, 0.717) is 0 Å². The first-order valence-corrected chi connectivity index (χ1v) is 7.36. The second-order valence-corrected chi connectivity index (χ2v) is 5.22. The van der Waals surface area contributed by atoms with E-state index >= 15 is 0 Å². The van der Waals surface area contributed by atoms with Crippen LogP contribution in [0.15, 0.2) is 30.9 Å². The van der Waals surface area contributed by atoms with Crippen molar-refractivity contribution in [1.29, 1.82) is 0 Å². The Kier molecular flexibility index (Phi) is 5.46. The SMILES string of the molecule is C=CCCCCCOc1cccc2c1CCCC2O. The van der Waals surface area contributed by atoms with Crippen LogP contribution < -0.4 is 4.74 Å². The smallest absolute Gasteiger partial charge is 0.122 e. The minimum atomic E-state index is -0.306. The Labute approximate surface area is 116 Å². The summed E-state index contributed by atoms with van der Waals surface area (Å²) in [5.41, 5.74) is 2.28. The number of rotatable bonds is 7. The van der Waals surface area contributed by atoms with E-state index < -0.39 is 0 Å². The van der Waals surface area contributed by atoms with Crippen LogP contribution in [0.2, 0.25) is 0 Å². The third kappa shape index (κ3) is 3.84. The van der Waals surface area contributed by atoms with E-state index in [1.165, 1.54) is 18.4 Å². The molecular formula is C17H24O2. The Morgan fingerprint density at radius 1 is 1.32 bits per heavy atom. The average Bonchev–Trinajstić information content (AvgIpc) is 2.43. The summed E-state index contributed by atoms with van der Waals surface area (Å²) in [6.45, 7) is 4.49. The summed E-state index contributed by atoms with van der Waals surface area (Å²) in [5, 5.41) is 9.99. The summed E-state index contributed by atoms with van der Waals surface area (Å²) >= 11 is 0. The van der Waals surface area contributed by atoms with Crippen LogP contribution in [0, 0.1) is 0 Å². The molecule has 104 valence electrons. The van der Waals surface area contributed by atoms with Gasteiger partial charge in [0, 0.05) is 0 Å². The van der Waals surface area contributed by atoms with E-state index in [1.807, 2.05) is 24.3 Å². The van der Waals surface area contributed by atoms with Gasteiger partial charge in [0.15, 0.2) is 0 Å². The van der Waals surface area contributed by atoms with E-state index in [0.717, 1.165) is 50.0 Å². The summed E-state index contributed by atoms with van der Waals surface area (Å²) in [4.78, 5) is 0. The quantitative estimate of drug-likeness (QED) is 0.588. The molecule has 1 aromatic carbocycles. The number of hydrogen-bond acceptors (Lipinski definition) is 2. The summed E-state index contributed by atoms with van der Waals surface area (Å²) in [6, 6.07) is 6.04. The van der Waals surface area contributed by atoms with Gasteiger partial charge in [-0.25, -0.2) is 0 Å². The molecule has 2 nitrogen and oxygen atoms in total. The van der Waals surface area contributed by atoms with Crippen molar-refractivity contribution in [3.05, 3.63) is 42.0 Å². The van der Waals surface area contributed by atoms with E-state index in [9.17, 15) is 5.11 Å². The fourth-order valence-corrected chi connectivity index (χ4v) is 2.67. The van der Waals surface area contributed by atoms with Crippen LogP contribution in [0.4, 0.5) is 0 Å². The highest BCUT2D eigenvalue weighted by atomic mass is 16.5. The summed E-state index contributed by atoms with van der Waals surface area (Å²) in [5.74, 6) is 0.972.